The Kier molecular flexibility index (Phi) is 4.43. The minimum atomic E-state index is -0.217. The SMILES string of the molecule is O=C(NC1CCC(O)CC1)c1ccc(N2CCCC2=O)cc1. The van der Waals surface area contributed by atoms with Crippen molar-refractivity contribution in [2.75, 3.05) is 11.4 Å². The average Bonchev–Trinajstić information content (AvgIpc) is 2.96. The quantitative estimate of drug-likeness (QED) is 0.895. The zero-order chi connectivity index (χ0) is 15.5. The van der Waals surface area contributed by atoms with Gasteiger partial charge in [0.15, 0.2) is 0 Å². The lowest BCUT2D eigenvalue weighted by Gasteiger charge is -2.26. The number of amides is 2. The molecular weight excluding hydrogens is 280 g/mol. The Morgan fingerprint density at radius 2 is 1.82 bits per heavy atom. The van der Waals surface area contributed by atoms with E-state index in [-0.39, 0.29) is 24.0 Å². The highest BCUT2D eigenvalue weighted by molar-refractivity contribution is 5.97. The fraction of sp³-hybridized carbons (Fsp3) is 0.529. The van der Waals surface area contributed by atoms with Crippen LogP contribution in [0.1, 0.15) is 48.9 Å². The second kappa shape index (κ2) is 6.48. The van der Waals surface area contributed by atoms with Gasteiger partial charge in [-0.25, -0.2) is 0 Å². The van der Waals surface area contributed by atoms with E-state index in [0.717, 1.165) is 44.3 Å². The third-order valence-electron chi connectivity index (χ3n) is 4.55. The van der Waals surface area contributed by atoms with Gasteiger partial charge in [0.05, 0.1) is 6.10 Å². The van der Waals surface area contributed by atoms with Crippen LogP contribution in [-0.2, 0) is 4.79 Å². The number of anilines is 1. The van der Waals surface area contributed by atoms with Crippen LogP contribution in [0, 0.1) is 0 Å². The van der Waals surface area contributed by atoms with Gasteiger partial charge in [-0.3, -0.25) is 9.59 Å². The number of nitrogens with one attached hydrogen (secondary N) is 1. The maximum absolute atomic E-state index is 12.2. The zero-order valence-electron chi connectivity index (χ0n) is 12.6. The summed E-state index contributed by atoms with van der Waals surface area (Å²) in [7, 11) is 0. The number of benzene rings is 1. The molecule has 0 aromatic heterocycles. The Hall–Kier alpha value is -1.88. The summed E-state index contributed by atoms with van der Waals surface area (Å²) < 4.78 is 0. The molecule has 118 valence electrons. The fourth-order valence-corrected chi connectivity index (χ4v) is 3.20. The Morgan fingerprint density at radius 3 is 2.41 bits per heavy atom. The van der Waals surface area contributed by atoms with Gasteiger partial charge in [0.1, 0.15) is 0 Å². The summed E-state index contributed by atoms with van der Waals surface area (Å²) in [5.41, 5.74) is 1.47. The van der Waals surface area contributed by atoms with Gasteiger partial charge in [-0.15, -0.1) is 0 Å². The van der Waals surface area contributed by atoms with Crippen molar-refractivity contribution in [3.8, 4) is 0 Å². The van der Waals surface area contributed by atoms with Crippen molar-refractivity contribution in [2.24, 2.45) is 0 Å². The molecule has 1 saturated heterocycles. The molecule has 0 radical (unpaired) electrons. The van der Waals surface area contributed by atoms with E-state index in [9.17, 15) is 14.7 Å². The zero-order valence-corrected chi connectivity index (χ0v) is 12.6. The number of aliphatic hydroxyl groups excluding tert-OH is 1. The molecule has 2 amide bonds. The maximum Gasteiger partial charge on any atom is 0.251 e. The smallest absolute Gasteiger partial charge is 0.251 e. The van der Waals surface area contributed by atoms with E-state index in [1.54, 1.807) is 17.0 Å². The van der Waals surface area contributed by atoms with E-state index < -0.39 is 0 Å². The molecule has 0 spiro atoms. The summed E-state index contributed by atoms with van der Waals surface area (Å²) in [6.07, 6.45) is 4.44. The minimum Gasteiger partial charge on any atom is -0.393 e. The van der Waals surface area contributed by atoms with Gasteiger partial charge in [0, 0.05) is 30.3 Å². The molecule has 0 bridgehead atoms. The van der Waals surface area contributed by atoms with Gasteiger partial charge < -0.3 is 15.3 Å². The highest BCUT2D eigenvalue weighted by Gasteiger charge is 2.23. The Bertz CT molecular complexity index is 548. The average molecular weight is 302 g/mol. The van der Waals surface area contributed by atoms with Gasteiger partial charge in [0.25, 0.3) is 5.91 Å². The van der Waals surface area contributed by atoms with Crippen LogP contribution in [0.2, 0.25) is 0 Å². The minimum absolute atomic E-state index is 0.0827. The third-order valence-corrected chi connectivity index (χ3v) is 4.55. The molecule has 1 aromatic carbocycles. The molecule has 5 heteroatoms. The van der Waals surface area contributed by atoms with E-state index >= 15 is 0 Å². The number of aliphatic hydroxyl groups is 1. The highest BCUT2D eigenvalue weighted by Crippen LogP contribution is 2.22. The molecule has 0 unspecified atom stereocenters. The van der Waals surface area contributed by atoms with Gasteiger partial charge in [-0.2, -0.15) is 0 Å². The number of carbonyl (C=O) groups is 2. The van der Waals surface area contributed by atoms with Crippen LogP contribution in [0.25, 0.3) is 0 Å². The standard InChI is InChI=1S/C17H22N2O3/c20-15-9-5-13(6-10-15)18-17(22)12-3-7-14(8-4-12)19-11-1-2-16(19)21/h3-4,7-8,13,15,20H,1-2,5-6,9-11H2,(H,18,22). The molecule has 2 aliphatic rings. The first-order valence-corrected chi connectivity index (χ1v) is 8.03. The number of hydrogen-bond acceptors (Lipinski definition) is 3. The van der Waals surface area contributed by atoms with Crippen LogP contribution < -0.4 is 10.2 Å². The molecule has 1 heterocycles. The predicted molar refractivity (Wildman–Crippen MR) is 83.8 cm³/mol. The number of hydrogen-bond donors (Lipinski definition) is 2. The van der Waals surface area contributed by atoms with Crippen molar-refractivity contribution in [3.05, 3.63) is 29.8 Å². The lowest BCUT2D eigenvalue weighted by Crippen LogP contribution is -2.38. The predicted octanol–water partition coefficient (Wildman–Crippen LogP) is 1.85. The first kappa shape index (κ1) is 15.0. The Morgan fingerprint density at radius 1 is 1.14 bits per heavy atom. The number of rotatable bonds is 3. The molecule has 22 heavy (non-hydrogen) atoms. The highest BCUT2D eigenvalue weighted by atomic mass is 16.3. The monoisotopic (exact) mass is 302 g/mol. The Labute approximate surface area is 130 Å². The molecule has 3 rings (SSSR count). The van der Waals surface area contributed by atoms with Crippen LogP contribution in [0.3, 0.4) is 0 Å². The molecule has 1 aliphatic carbocycles. The molecule has 5 nitrogen and oxygen atoms in total. The second-order valence-corrected chi connectivity index (χ2v) is 6.17. The lowest BCUT2D eigenvalue weighted by atomic mass is 9.93. The van der Waals surface area contributed by atoms with E-state index in [0.29, 0.717) is 12.0 Å². The van der Waals surface area contributed by atoms with Crippen molar-refractivity contribution in [2.45, 2.75) is 50.7 Å². The lowest BCUT2D eigenvalue weighted by molar-refractivity contribution is -0.117. The molecule has 2 N–H and O–H groups in total. The van der Waals surface area contributed by atoms with Crippen molar-refractivity contribution in [1.29, 1.82) is 0 Å². The van der Waals surface area contributed by atoms with Gasteiger partial charge >= 0.3 is 0 Å². The van der Waals surface area contributed by atoms with E-state index in [1.165, 1.54) is 0 Å². The summed E-state index contributed by atoms with van der Waals surface area (Å²) in [5.74, 6) is 0.0682. The van der Waals surface area contributed by atoms with Crippen LogP contribution >= 0.6 is 0 Å². The van der Waals surface area contributed by atoms with Crippen LogP contribution in [0.5, 0.6) is 0 Å². The molecule has 2 fully saturated rings. The summed E-state index contributed by atoms with van der Waals surface area (Å²) in [6, 6.07) is 7.36. The Balaban J connectivity index is 1.60. The summed E-state index contributed by atoms with van der Waals surface area (Å²) >= 11 is 0. The summed E-state index contributed by atoms with van der Waals surface area (Å²) in [5, 5.41) is 12.5. The van der Waals surface area contributed by atoms with Crippen LogP contribution in [-0.4, -0.2) is 35.6 Å². The third kappa shape index (κ3) is 3.30. The number of carbonyl (C=O) groups excluding carboxylic acids is 2. The van der Waals surface area contributed by atoms with Gasteiger partial charge in [0.2, 0.25) is 5.91 Å². The summed E-state index contributed by atoms with van der Waals surface area (Å²) in [4.78, 5) is 25.7. The largest absolute Gasteiger partial charge is 0.393 e. The van der Waals surface area contributed by atoms with Crippen LogP contribution in [0.15, 0.2) is 24.3 Å². The van der Waals surface area contributed by atoms with Crippen molar-refractivity contribution in [3.63, 3.8) is 0 Å². The topological polar surface area (TPSA) is 69.6 Å². The molecule has 1 aromatic rings. The van der Waals surface area contributed by atoms with Gasteiger partial charge in [-0.1, -0.05) is 0 Å². The molecular formula is C17H22N2O3. The van der Waals surface area contributed by atoms with E-state index in [4.69, 9.17) is 0 Å². The second-order valence-electron chi connectivity index (χ2n) is 6.17. The maximum atomic E-state index is 12.2. The van der Waals surface area contributed by atoms with E-state index in [2.05, 4.69) is 5.32 Å². The van der Waals surface area contributed by atoms with Crippen molar-refractivity contribution in [1.82, 2.24) is 5.32 Å². The normalized spacial score (nSPS) is 25.3. The number of nitrogens with zero attached hydrogens (tertiary/aromatic N) is 1. The van der Waals surface area contributed by atoms with Gasteiger partial charge in [-0.05, 0) is 56.4 Å². The van der Waals surface area contributed by atoms with Crippen molar-refractivity contribution < 1.29 is 14.7 Å². The fourth-order valence-electron chi connectivity index (χ4n) is 3.20. The van der Waals surface area contributed by atoms with Crippen LogP contribution in [0.4, 0.5) is 5.69 Å². The first-order valence-electron chi connectivity index (χ1n) is 8.03. The molecule has 0 atom stereocenters. The first-order chi connectivity index (χ1) is 10.6. The molecule has 1 aliphatic heterocycles. The molecule has 1 saturated carbocycles. The summed E-state index contributed by atoms with van der Waals surface area (Å²) in [6.45, 7) is 0.759. The van der Waals surface area contributed by atoms with Crippen molar-refractivity contribution >= 4 is 17.5 Å². The van der Waals surface area contributed by atoms with E-state index in [1.807, 2.05) is 12.1 Å².